The summed E-state index contributed by atoms with van der Waals surface area (Å²) < 4.78 is 55.7. The number of ether oxygens (including phenoxy) is 1. The molecule has 2 saturated heterocycles. The summed E-state index contributed by atoms with van der Waals surface area (Å²) in [5.74, 6) is -0.405. The van der Waals surface area contributed by atoms with Crippen molar-refractivity contribution in [1.82, 2.24) is 14.1 Å². The van der Waals surface area contributed by atoms with Crippen LogP contribution in [0.4, 0.5) is 0 Å². The minimum Gasteiger partial charge on any atom is -0.374 e. The number of rotatable bonds is 5. The van der Waals surface area contributed by atoms with E-state index in [1.807, 2.05) is 0 Å². The van der Waals surface area contributed by atoms with Crippen LogP contribution < -0.4 is 0 Å². The van der Waals surface area contributed by atoms with Crippen molar-refractivity contribution in [3.8, 4) is 0 Å². The third-order valence-electron chi connectivity index (χ3n) is 5.26. The number of sulfone groups is 1. The number of carbonyl (C=O) groups is 1. The predicted molar refractivity (Wildman–Crippen MR) is 108 cm³/mol. The number of carbonyl (C=O) groups excluding carboxylic acids is 1. The van der Waals surface area contributed by atoms with Crippen LogP contribution in [-0.4, -0.2) is 101 Å². The van der Waals surface area contributed by atoms with E-state index in [1.54, 1.807) is 38.4 Å². The molecule has 1 aromatic carbocycles. The van der Waals surface area contributed by atoms with Gasteiger partial charge in [0.1, 0.15) is 0 Å². The number of benzene rings is 1. The monoisotopic (exact) mass is 445 g/mol. The molecular weight excluding hydrogens is 418 g/mol. The molecule has 0 aliphatic carbocycles. The van der Waals surface area contributed by atoms with E-state index in [0.717, 1.165) is 11.8 Å². The van der Waals surface area contributed by atoms with Gasteiger partial charge in [-0.2, -0.15) is 4.31 Å². The Morgan fingerprint density at radius 2 is 1.86 bits per heavy atom. The Morgan fingerprint density at radius 3 is 2.45 bits per heavy atom. The first-order chi connectivity index (χ1) is 13.5. The van der Waals surface area contributed by atoms with Crippen molar-refractivity contribution in [2.75, 3.05) is 52.3 Å². The van der Waals surface area contributed by atoms with Gasteiger partial charge in [-0.1, -0.05) is 12.1 Å². The van der Waals surface area contributed by atoms with Crippen molar-refractivity contribution in [3.05, 3.63) is 29.8 Å². The van der Waals surface area contributed by atoms with E-state index in [2.05, 4.69) is 4.90 Å². The van der Waals surface area contributed by atoms with E-state index in [0.29, 0.717) is 19.6 Å². The molecular formula is C18H27N3O6S2. The van der Waals surface area contributed by atoms with Gasteiger partial charge in [-0.15, -0.1) is 0 Å². The van der Waals surface area contributed by atoms with E-state index < -0.39 is 25.9 Å². The molecule has 162 valence electrons. The van der Waals surface area contributed by atoms with E-state index in [1.165, 1.54) is 9.21 Å². The Kier molecular flexibility index (Phi) is 6.35. The lowest BCUT2D eigenvalue weighted by Gasteiger charge is -2.28. The standard InChI is InChI=1S/C18H27N3O6S2/c1-19(2)18(22)13-21-16-11-20(12-17(16)27-8-9-29(21,25)26)10-14-4-6-15(7-5-14)28(3,23)24/h4-7,16-17H,8-13H2,1-3H3/t16-,17+/m1/s1. The predicted octanol–water partition coefficient (Wildman–Crippen LogP) is -0.607. The second-order valence-corrected chi connectivity index (χ2v) is 11.8. The molecule has 0 bridgehead atoms. The minimum atomic E-state index is -3.59. The summed E-state index contributed by atoms with van der Waals surface area (Å²) in [4.78, 5) is 15.9. The molecule has 2 heterocycles. The Labute approximate surface area is 172 Å². The van der Waals surface area contributed by atoms with Crippen LogP contribution in [0.5, 0.6) is 0 Å². The average Bonchev–Trinajstić information content (AvgIpc) is 2.96. The molecule has 1 aromatic rings. The lowest BCUT2D eigenvalue weighted by Crippen LogP contribution is -2.50. The van der Waals surface area contributed by atoms with Gasteiger partial charge in [0.15, 0.2) is 9.84 Å². The fourth-order valence-corrected chi connectivity index (χ4v) is 5.72. The molecule has 2 aliphatic rings. The molecule has 0 N–H and O–H groups in total. The molecule has 11 heteroatoms. The van der Waals surface area contributed by atoms with E-state index in [-0.39, 0.29) is 35.8 Å². The van der Waals surface area contributed by atoms with Crippen molar-refractivity contribution < 1.29 is 26.4 Å². The van der Waals surface area contributed by atoms with Gasteiger partial charge in [0.25, 0.3) is 0 Å². The smallest absolute Gasteiger partial charge is 0.237 e. The SMILES string of the molecule is CN(C)C(=O)CN1[C@@H]2CN(Cc3ccc(S(C)(=O)=O)cc3)C[C@@H]2OCCS1(=O)=O. The van der Waals surface area contributed by atoms with Gasteiger partial charge in [0.05, 0.1) is 35.9 Å². The second-order valence-electron chi connectivity index (χ2n) is 7.74. The third kappa shape index (κ3) is 5.15. The highest BCUT2D eigenvalue weighted by atomic mass is 32.2. The van der Waals surface area contributed by atoms with Gasteiger partial charge in [0, 0.05) is 40.0 Å². The van der Waals surface area contributed by atoms with Crippen molar-refractivity contribution in [2.24, 2.45) is 0 Å². The first kappa shape index (κ1) is 22.2. The molecule has 1 amide bonds. The van der Waals surface area contributed by atoms with Gasteiger partial charge in [-0.25, -0.2) is 16.8 Å². The summed E-state index contributed by atoms with van der Waals surface area (Å²) in [5.41, 5.74) is 0.924. The molecule has 29 heavy (non-hydrogen) atoms. The zero-order valence-corrected chi connectivity index (χ0v) is 18.4. The molecule has 2 fully saturated rings. The average molecular weight is 446 g/mol. The number of nitrogens with zero attached hydrogens (tertiary/aromatic N) is 3. The van der Waals surface area contributed by atoms with Gasteiger partial charge in [0.2, 0.25) is 15.9 Å². The molecule has 0 spiro atoms. The highest BCUT2D eigenvalue weighted by molar-refractivity contribution is 7.90. The summed E-state index contributed by atoms with van der Waals surface area (Å²) in [6, 6.07) is 6.23. The van der Waals surface area contributed by atoms with E-state index >= 15 is 0 Å². The van der Waals surface area contributed by atoms with E-state index in [4.69, 9.17) is 4.74 Å². The Morgan fingerprint density at radius 1 is 1.21 bits per heavy atom. The summed E-state index contributed by atoms with van der Waals surface area (Å²) in [7, 11) is -3.65. The Bertz CT molecular complexity index is 960. The van der Waals surface area contributed by atoms with Crippen LogP contribution in [0, 0.1) is 0 Å². The Balaban J connectivity index is 1.75. The summed E-state index contributed by atoms with van der Waals surface area (Å²) in [5, 5.41) is 0. The first-order valence-electron chi connectivity index (χ1n) is 9.30. The molecule has 2 aliphatic heterocycles. The molecule has 0 unspecified atom stereocenters. The topological polar surface area (TPSA) is 104 Å². The Hall–Kier alpha value is -1.53. The summed E-state index contributed by atoms with van der Waals surface area (Å²) in [6.45, 7) is 1.43. The number of amides is 1. The number of fused-ring (bicyclic) bond motifs is 1. The fourth-order valence-electron chi connectivity index (χ4n) is 3.62. The van der Waals surface area contributed by atoms with Crippen LogP contribution in [0.25, 0.3) is 0 Å². The number of likely N-dealkylation sites (N-methyl/N-ethyl adjacent to an activating group) is 1. The lowest BCUT2D eigenvalue weighted by molar-refractivity contribution is -0.129. The summed E-state index contributed by atoms with van der Waals surface area (Å²) in [6.07, 6.45) is 0.856. The number of sulfonamides is 1. The number of hydrogen-bond donors (Lipinski definition) is 0. The fraction of sp³-hybridized carbons (Fsp3) is 0.611. The van der Waals surface area contributed by atoms with Crippen LogP contribution in [-0.2, 0) is 35.9 Å². The van der Waals surface area contributed by atoms with Crippen molar-refractivity contribution >= 4 is 25.8 Å². The molecule has 0 saturated carbocycles. The normalized spacial score (nSPS) is 25.3. The summed E-state index contributed by atoms with van der Waals surface area (Å²) >= 11 is 0. The molecule has 0 aromatic heterocycles. The largest absolute Gasteiger partial charge is 0.374 e. The zero-order valence-electron chi connectivity index (χ0n) is 16.8. The first-order valence-corrected chi connectivity index (χ1v) is 12.8. The van der Waals surface area contributed by atoms with E-state index in [9.17, 15) is 21.6 Å². The minimum absolute atomic E-state index is 0.104. The van der Waals surface area contributed by atoms with Crippen molar-refractivity contribution in [1.29, 1.82) is 0 Å². The molecule has 9 nitrogen and oxygen atoms in total. The molecule has 0 radical (unpaired) electrons. The van der Waals surface area contributed by atoms with Gasteiger partial charge < -0.3 is 9.64 Å². The van der Waals surface area contributed by atoms with Gasteiger partial charge in [-0.3, -0.25) is 9.69 Å². The van der Waals surface area contributed by atoms with Crippen LogP contribution >= 0.6 is 0 Å². The quantitative estimate of drug-likeness (QED) is 0.596. The second kappa shape index (κ2) is 8.31. The maximum absolute atomic E-state index is 12.7. The van der Waals surface area contributed by atoms with Crippen LogP contribution in [0.3, 0.4) is 0 Å². The molecule has 2 atom stereocenters. The third-order valence-corrected chi connectivity index (χ3v) is 8.19. The number of likely N-dealkylation sites (tertiary alicyclic amines) is 1. The number of hydrogen-bond acceptors (Lipinski definition) is 7. The van der Waals surface area contributed by atoms with Crippen LogP contribution in [0.2, 0.25) is 0 Å². The maximum Gasteiger partial charge on any atom is 0.237 e. The zero-order chi connectivity index (χ0) is 21.4. The van der Waals surface area contributed by atoms with Gasteiger partial charge in [-0.05, 0) is 17.7 Å². The molecule has 3 rings (SSSR count). The highest BCUT2D eigenvalue weighted by Gasteiger charge is 2.45. The lowest BCUT2D eigenvalue weighted by atomic mass is 10.2. The van der Waals surface area contributed by atoms with Crippen LogP contribution in [0.15, 0.2) is 29.2 Å². The maximum atomic E-state index is 12.7. The van der Waals surface area contributed by atoms with Crippen LogP contribution in [0.1, 0.15) is 5.56 Å². The van der Waals surface area contributed by atoms with Crippen molar-refractivity contribution in [3.63, 3.8) is 0 Å². The van der Waals surface area contributed by atoms with Gasteiger partial charge >= 0.3 is 0 Å². The van der Waals surface area contributed by atoms with Crippen molar-refractivity contribution in [2.45, 2.75) is 23.6 Å². The highest BCUT2D eigenvalue weighted by Crippen LogP contribution is 2.26.